The lowest BCUT2D eigenvalue weighted by atomic mass is 10.0. The predicted octanol–water partition coefficient (Wildman–Crippen LogP) is 5.87. The number of unbranched alkanes of at least 4 members (excludes halogenated alkanes) is 6. The minimum Gasteiger partial charge on any atom is -0.292 e. The summed E-state index contributed by atoms with van der Waals surface area (Å²) in [5.41, 5.74) is 1.16. The van der Waals surface area contributed by atoms with Crippen LogP contribution < -0.4 is 0 Å². The number of hydrogen-bond acceptors (Lipinski definition) is 3. The second-order valence-electron chi connectivity index (χ2n) is 7.09. The highest BCUT2D eigenvalue weighted by atomic mass is 17.2. The van der Waals surface area contributed by atoms with Crippen LogP contribution in [0.3, 0.4) is 0 Å². The summed E-state index contributed by atoms with van der Waals surface area (Å²) in [6.45, 7) is 7.79. The van der Waals surface area contributed by atoms with Gasteiger partial charge in [0, 0.05) is 0 Å². The van der Waals surface area contributed by atoms with Crippen LogP contribution in [0.2, 0.25) is 0 Å². The molecule has 0 aromatic heterocycles. The first kappa shape index (κ1) is 19.7. The lowest BCUT2D eigenvalue weighted by Gasteiger charge is -2.17. The molecule has 0 bridgehead atoms. The number of carbonyl (C=O) groups is 1. The van der Waals surface area contributed by atoms with Crippen LogP contribution in [0.15, 0.2) is 24.3 Å². The lowest BCUT2D eigenvalue weighted by molar-refractivity contribution is -0.301. The van der Waals surface area contributed by atoms with Crippen LogP contribution in [0.25, 0.3) is 0 Å². The van der Waals surface area contributed by atoms with Crippen LogP contribution in [-0.2, 0) is 16.2 Å². The van der Waals surface area contributed by atoms with Crippen molar-refractivity contribution in [1.29, 1.82) is 0 Å². The van der Waals surface area contributed by atoms with Crippen molar-refractivity contribution in [3.05, 3.63) is 35.4 Å². The second-order valence-corrected chi connectivity index (χ2v) is 7.09. The van der Waals surface area contributed by atoms with Gasteiger partial charge in [-0.15, -0.1) is 0 Å². The maximum absolute atomic E-state index is 12.2. The van der Waals surface area contributed by atoms with Crippen molar-refractivity contribution in [3.8, 4) is 0 Å². The van der Waals surface area contributed by atoms with Crippen molar-refractivity contribution < 1.29 is 14.6 Å². The molecule has 0 N–H and O–H groups in total. The zero-order chi connectivity index (χ0) is 17.1. The fourth-order valence-electron chi connectivity index (χ4n) is 2.42. The molecule has 0 amide bonds. The van der Waals surface area contributed by atoms with E-state index in [0.717, 1.165) is 18.4 Å². The van der Waals surface area contributed by atoms with Gasteiger partial charge in [0.2, 0.25) is 0 Å². The van der Waals surface area contributed by atoms with Gasteiger partial charge in [-0.25, -0.2) is 4.79 Å². The van der Waals surface area contributed by atoms with Crippen LogP contribution in [0, 0.1) is 0 Å². The smallest absolute Gasteiger partial charge is 0.292 e. The molecule has 130 valence electrons. The molecule has 0 radical (unpaired) electrons. The Kier molecular flexibility index (Phi) is 8.93. The third-order valence-electron chi connectivity index (χ3n) is 3.65. The molecular formula is C20H32O3. The van der Waals surface area contributed by atoms with E-state index < -0.39 is 11.6 Å². The van der Waals surface area contributed by atoms with Gasteiger partial charge in [0.15, 0.2) is 0 Å². The molecule has 0 atom stereocenters. The average Bonchev–Trinajstić information content (AvgIpc) is 2.51. The van der Waals surface area contributed by atoms with Crippen LogP contribution in [-0.4, -0.2) is 11.6 Å². The SMILES string of the molecule is CCCCCCCCCc1ccccc1C(=O)OOC(C)(C)C. The summed E-state index contributed by atoms with van der Waals surface area (Å²) in [5.74, 6) is -0.404. The van der Waals surface area contributed by atoms with E-state index in [-0.39, 0.29) is 0 Å². The van der Waals surface area contributed by atoms with Crippen molar-refractivity contribution in [1.82, 2.24) is 0 Å². The Labute approximate surface area is 141 Å². The Bertz CT molecular complexity index is 460. The van der Waals surface area contributed by atoms with Gasteiger partial charge < -0.3 is 0 Å². The Morgan fingerprint density at radius 1 is 0.957 bits per heavy atom. The van der Waals surface area contributed by atoms with E-state index in [1.165, 1.54) is 38.5 Å². The molecule has 0 aliphatic heterocycles. The Hall–Kier alpha value is -1.35. The van der Waals surface area contributed by atoms with E-state index in [9.17, 15) is 4.79 Å². The Morgan fingerprint density at radius 3 is 2.22 bits per heavy atom. The first-order valence-electron chi connectivity index (χ1n) is 8.92. The van der Waals surface area contributed by atoms with E-state index in [1.54, 1.807) is 0 Å². The predicted molar refractivity (Wildman–Crippen MR) is 94.4 cm³/mol. The summed E-state index contributed by atoms with van der Waals surface area (Å²) >= 11 is 0. The minimum absolute atomic E-state index is 0.404. The molecule has 1 rings (SSSR count). The van der Waals surface area contributed by atoms with E-state index in [2.05, 4.69) is 6.92 Å². The van der Waals surface area contributed by atoms with Crippen molar-refractivity contribution in [2.75, 3.05) is 0 Å². The molecule has 0 heterocycles. The highest BCUT2D eigenvalue weighted by molar-refractivity contribution is 5.90. The Balaban J connectivity index is 2.42. The van der Waals surface area contributed by atoms with Gasteiger partial charge in [-0.3, -0.25) is 4.89 Å². The molecule has 0 unspecified atom stereocenters. The summed E-state index contributed by atoms with van der Waals surface area (Å²) < 4.78 is 0. The van der Waals surface area contributed by atoms with Crippen LogP contribution in [0.5, 0.6) is 0 Å². The summed E-state index contributed by atoms with van der Waals surface area (Å²) in [4.78, 5) is 22.3. The zero-order valence-electron chi connectivity index (χ0n) is 15.2. The fourth-order valence-corrected chi connectivity index (χ4v) is 2.42. The first-order chi connectivity index (χ1) is 10.9. The highest BCUT2D eigenvalue weighted by Gasteiger charge is 2.18. The zero-order valence-corrected chi connectivity index (χ0v) is 15.2. The van der Waals surface area contributed by atoms with Gasteiger partial charge in [0.05, 0.1) is 5.56 Å². The second kappa shape index (κ2) is 10.4. The molecule has 3 nitrogen and oxygen atoms in total. The summed E-state index contributed by atoms with van der Waals surface area (Å²) in [7, 11) is 0. The number of hydrogen-bond donors (Lipinski definition) is 0. The molecule has 0 saturated heterocycles. The number of rotatable bonds is 10. The third kappa shape index (κ3) is 8.75. The largest absolute Gasteiger partial charge is 0.373 e. The normalized spacial score (nSPS) is 11.5. The third-order valence-corrected chi connectivity index (χ3v) is 3.65. The highest BCUT2D eigenvalue weighted by Crippen LogP contribution is 2.17. The molecule has 1 aromatic carbocycles. The molecule has 0 spiro atoms. The minimum atomic E-state index is -0.497. The first-order valence-corrected chi connectivity index (χ1v) is 8.92. The molecular weight excluding hydrogens is 288 g/mol. The maximum atomic E-state index is 12.2. The van der Waals surface area contributed by atoms with E-state index in [4.69, 9.17) is 9.78 Å². The topological polar surface area (TPSA) is 35.5 Å². The molecule has 0 fully saturated rings. The van der Waals surface area contributed by atoms with Crippen molar-refractivity contribution in [3.63, 3.8) is 0 Å². The molecule has 1 aromatic rings. The van der Waals surface area contributed by atoms with Gasteiger partial charge in [0.25, 0.3) is 0 Å². The molecule has 3 heteroatoms. The van der Waals surface area contributed by atoms with Gasteiger partial charge in [-0.05, 0) is 45.2 Å². The summed E-state index contributed by atoms with van der Waals surface area (Å²) in [5, 5.41) is 0. The monoisotopic (exact) mass is 320 g/mol. The van der Waals surface area contributed by atoms with Crippen molar-refractivity contribution >= 4 is 5.97 Å². The molecule has 0 aliphatic carbocycles. The quantitative estimate of drug-likeness (QED) is 0.307. The van der Waals surface area contributed by atoms with E-state index in [1.807, 2.05) is 45.0 Å². The fraction of sp³-hybridized carbons (Fsp3) is 0.650. The van der Waals surface area contributed by atoms with Crippen LogP contribution in [0.4, 0.5) is 0 Å². The standard InChI is InChI=1S/C20H32O3/c1-5-6-7-8-9-10-11-14-17-15-12-13-16-18(17)19(21)22-23-20(2,3)4/h12-13,15-16H,5-11,14H2,1-4H3. The van der Waals surface area contributed by atoms with Crippen LogP contribution >= 0.6 is 0 Å². The maximum Gasteiger partial charge on any atom is 0.373 e. The summed E-state index contributed by atoms with van der Waals surface area (Å²) in [6, 6.07) is 7.65. The van der Waals surface area contributed by atoms with Crippen molar-refractivity contribution in [2.24, 2.45) is 0 Å². The van der Waals surface area contributed by atoms with Crippen LogP contribution in [0.1, 0.15) is 88.6 Å². The van der Waals surface area contributed by atoms with Crippen molar-refractivity contribution in [2.45, 2.75) is 84.7 Å². The molecule has 23 heavy (non-hydrogen) atoms. The number of benzene rings is 1. The van der Waals surface area contributed by atoms with E-state index >= 15 is 0 Å². The average molecular weight is 320 g/mol. The lowest BCUT2D eigenvalue weighted by Crippen LogP contribution is -2.22. The van der Waals surface area contributed by atoms with Gasteiger partial charge in [0.1, 0.15) is 5.60 Å². The van der Waals surface area contributed by atoms with Gasteiger partial charge in [-0.1, -0.05) is 63.6 Å². The molecule has 0 aliphatic rings. The number of carbonyl (C=O) groups excluding carboxylic acids is 1. The summed E-state index contributed by atoms with van der Waals surface area (Å²) in [6.07, 6.45) is 9.78. The molecule has 0 saturated carbocycles. The van der Waals surface area contributed by atoms with E-state index in [0.29, 0.717) is 5.56 Å². The Morgan fingerprint density at radius 2 is 1.57 bits per heavy atom. The van der Waals surface area contributed by atoms with Gasteiger partial charge in [-0.2, -0.15) is 4.89 Å². The number of aryl methyl sites for hydroxylation is 1. The van der Waals surface area contributed by atoms with Gasteiger partial charge >= 0.3 is 5.97 Å².